The van der Waals surface area contributed by atoms with Gasteiger partial charge in [-0.1, -0.05) is 30.3 Å². The summed E-state index contributed by atoms with van der Waals surface area (Å²) in [6.07, 6.45) is 0.228. The smallest absolute Gasteiger partial charge is 0.267 e. The standard InChI is InChI=1S/C24H25N5O4/c1-29-19-9-5-2-6-15(19)14-20(29)24(33)26-13-12-25-21(30)11-10-18-23(32)27-17-8-4-3-7-16(17)22(31)28-18/h2-9,14,18H,10-13H2,1H3,(H,25,30)(H,26,33)(H,27,32)(H,28,31)/t18-/m0/s1. The number of aryl methyl sites for hydroxylation is 1. The van der Waals surface area contributed by atoms with Gasteiger partial charge in [-0.3, -0.25) is 19.2 Å². The van der Waals surface area contributed by atoms with E-state index in [0.29, 0.717) is 16.9 Å². The SMILES string of the molecule is Cn1c(C(=O)NCCNC(=O)CC[C@@H]2NC(=O)c3ccccc3NC2=O)cc2ccccc21. The molecule has 0 aliphatic carbocycles. The van der Waals surface area contributed by atoms with E-state index in [9.17, 15) is 19.2 Å². The van der Waals surface area contributed by atoms with Crippen molar-refractivity contribution in [2.75, 3.05) is 18.4 Å². The molecule has 0 spiro atoms. The minimum absolute atomic E-state index is 0.0614. The Morgan fingerprint density at radius 3 is 2.55 bits per heavy atom. The van der Waals surface area contributed by atoms with E-state index in [0.717, 1.165) is 10.9 Å². The van der Waals surface area contributed by atoms with Crippen LogP contribution < -0.4 is 21.3 Å². The lowest BCUT2D eigenvalue weighted by atomic mass is 10.1. The van der Waals surface area contributed by atoms with Crippen molar-refractivity contribution in [3.63, 3.8) is 0 Å². The first-order valence-corrected chi connectivity index (χ1v) is 10.7. The van der Waals surface area contributed by atoms with Crippen molar-refractivity contribution < 1.29 is 19.2 Å². The number of rotatable bonds is 7. The summed E-state index contributed by atoms with van der Waals surface area (Å²) >= 11 is 0. The lowest BCUT2D eigenvalue weighted by molar-refractivity contribution is -0.121. The zero-order valence-corrected chi connectivity index (χ0v) is 18.2. The van der Waals surface area contributed by atoms with Crippen LogP contribution in [0.1, 0.15) is 33.7 Å². The molecule has 0 bridgehead atoms. The molecule has 4 rings (SSSR count). The summed E-state index contributed by atoms with van der Waals surface area (Å²) in [7, 11) is 1.83. The third-order valence-electron chi connectivity index (χ3n) is 5.63. The lowest BCUT2D eigenvalue weighted by Gasteiger charge is -2.14. The summed E-state index contributed by atoms with van der Waals surface area (Å²) in [6.45, 7) is 0.519. The number of benzene rings is 2. The molecule has 0 unspecified atom stereocenters. The number of nitrogens with one attached hydrogen (secondary N) is 4. The molecule has 0 saturated carbocycles. The molecule has 33 heavy (non-hydrogen) atoms. The maximum atomic E-state index is 12.5. The van der Waals surface area contributed by atoms with Gasteiger partial charge >= 0.3 is 0 Å². The number of hydrogen-bond acceptors (Lipinski definition) is 4. The quantitative estimate of drug-likeness (QED) is 0.411. The van der Waals surface area contributed by atoms with Crippen LogP contribution in [0.4, 0.5) is 5.69 Å². The van der Waals surface area contributed by atoms with Crippen molar-refractivity contribution in [3.8, 4) is 0 Å². The zero-order chi connectivity index (χ0) is 23.4. The maximum Gasteiger partial charge on any atom is 0.267 e. The third-order valence-corrected chi connectivity index (χ3v) is 5.63. The van der Waals surface area contributed by atoms with Crippen LogP contribution in [0.3, 0.4) is 0 Å². The highest BCUT2D eigenvalue weighted by Gasteiger charge is 2.27. The van der Waals surface area contributed by atoms with E-state index in [1.165, 1.54) is 0 Å². The van der Waals surface area contributed by atoms with Gasteiger partial charge in [0.2, 0.25) is 11.8 Å². The van der Waals surface area contributed by atoms with E-state index in [4.69, 9.17) is 0 Å². The molecule has 1 aliphatic heterocycles. The molecule has 1 aliphatic rings. The summed E-state index contributed by atoms with van der Waals surface area (Å²) in [5.74, 6) is -1.20. The van der Waals surface area contributed by atoms with Crippen molar-refractivity contribution in [2.24, 2.45) is 7.05 Å². The molecule has 0 radical (unpaired) electrons. The Balaban J connectivity index is 1.21. The Bertz CT molecular complexity index is 1230. The molecule has 2 heterocycles. The first-order chi connectivity index (χ1) is 15.9. The number of para-hydroxylation sites is 2. The Hall–Kier alpha value is -4.14. The molecule has 1 aromatic heterocycles. The minimum atomic E-state index is -0.804. The number of nitrogens with zero attached hydrogens (tertiary/aromatic N) is 1. The van der Waals surface area contributed by atoms with E-state index in [1.54, 1.807) is 24.3 Å². The number of fused-ring (bicyclic) bond motifs is 2. The number of anilines is 1. The number of carbonyl (C=O) groups is 4. The van der Waals surface area contributed by atoms with Gasteiger partial charge in [0.05, 0.1) is 11.3 Å². The van der Waals surface area contributed by atoms with E-state index < -0.39 is 6.04 Å². The summed E-state index contributed by atoms with van der Waals surface area (Å²) in [5, 5.41) is 11.9. The van der Waals surface area contributed by atoms with Gasteiger partial charge in [0.15, 0.2) is 0 Å². The van der Waals surface area contributed by atoms with Crippen LogP contribution in [0.15, 0.2) is 54.6 Å². The highest BCUT2D eigenvalue weighted by molar-refractivity contribution is 6.09. The first kappa shape index (κ1) is 22.1. The number of hydrogen-bond donors (Lipinski definition) is 4. The molecule has 2 aromatic carbocycles. The van der Waals surface area contributed by atoms with Crippen LogP contribution in [0.2, 0.25) is 0 Å². The molecule has 9 heteroatoms. The van der Waals surface area contributed by atoms with Crippen LogP contribution in [-0.4, -0.2) is 47.3 Å². The van der Waals surface area contributed by atoms with Crippen molar-refractivity contribution >= 4 is 40.2 Å². The largest absolute Gasteiger partial charge is 0.354 e. The average Bonchev–Trinajstić information content (AvgIpc) is 3.09. The molecule has 170 valence electrons. The molecule has 9 nitrogen and oxygen atoms in total. The van der Waals surface area contributed by atoms with E-state index >= 15 is 0 Å². The Morgan fingerprint density at radius 2 is 1.73 bits per heavy atom. The minimum Gasteiger partial charge on any atom is -0.354 e. The predicted octanol–water partition coefficient (Wildman–Crippen LogP) is 1.56. The maximum absolute atomic E-state index is 12.5. The van der Waals surface area contributed by atoms with Gasteiger partial charge in [-0.2, -0.15) is 0 Å². The van der Waals surface area contributed by atoms with Crippen molar-refractivity contribution in [1.82, 2.24) is 20.5 Å². The van der Waals surface area contributed by atoms with Crippen LogP contribution in [0.25, 0.3) is 10.9 Å². The summed E-state index contributed by atoms with van der Waals surface area (Å²) in [4.78, 5) is 49.4. The van der Waals surface area contributed by atoms with Gasteiger partial charge in [0.1, 0.15) is 11.7 Å². The van der Waals surface area contributed by atoms with Crippen LogP contribution in [-0.2, 0) is 16.6 Å². The van der Waals surface area contributed by atoms with Gasteiger partial charge in [-0.05, 0) is 30.7 Å². The highest BCUT2D eigenvalue weighted by atomic mass is 16.2. The molecule has 0 fully saturated rings. The average molecular weight is 447 g/mol. The highest BCUT2D eigenvalue weighted by Crippen LogP contribution is 2.19. The molecular weight excluding hydrogens is 422 g/mol. The molecule has 4 N–H and O–H groups in total. The van der Waals surface area contributed by atoms with Gasteiger partial charge < -0.3 is 25.8 Å². The summed E-state index contributed by atoms with van der Waals surface area (Å²) < 4.78 is 1.83. The fourth-order valence-corrected chi connectivity index (χ4v) is 3.85. The van der Waals surface area contributed by atoms with E-state index in [1.807, 2.05) is 41.9 Å². The molecular formula is C24H25N5O4. The number of carbonyl (C=O) groups excluding carboxylic acids is 4. The molecule has 1 atom stereocenters. The van der Waals surface area contributed by atoms with E-state index in [-0.39, 0.29) is 49.6 Å². The van der Waals surface area contributed by atoms with Crippen molar-refractivity contribution in [1.29, 1.82) is 0 Å². The summed E-state index contributed by atoms with van der Waals surface area (Å²) in [6, 6.07) is 15.5. The van der Waals surface area contributed by atoms with Crippen molar-refractivity contribution in [3.05, 3.63) is 65.9 Å². The van der Waals surface area contributed by atoms with Crippen LogP contribution in [0, 0.1) is 0 Å². The monoisotopic (exact) mass is 447 g/mol. The van der Waals surface area contributed by atoms with Gasteiger partial charge in [-0.25, -0.2) is 0 Å². The number of aromatic nitrogens is 1. The van der Waals surface area contributed by atoms with Crippen LogP contribution in [0.5, 0.6) is 0 Å². The number of amides is 4. The van der Waals surface area contributed by atoms with Crippen molar-refractivity contribution in [2.45, 2.75) is 18.9 Å². The topological polar surface area (TPSA) is 121 Å². The fourth-order valence-electron chi connectivity index (χ4n) is 3.85. The molecule has 4 amide bonds. The fraction of sp³-hybridized carbons (Fsp3) is 0.250. The van der Waals surface area contributed by atoms with Gasteiger partial charge in [-0.15, -0.1) is 0 Å². The summed E-state index contributed by atoms with van der Waals surface area (Å²) in [5.41, 5.74) is 2.35. The predicted molar refractivity (Wildman–Crippen MR) is 124 cm³/mol. The second-order valence-corrected chi connectivity index (χ2v) is 7.85. The Labute approximate surface area is 190 Å². The Kier molecular flexibility index (Phi) is 6.39. The van der Waals surface area contributed by atoms with Gasteiger partial charge in [0, 0.05) is 37.5 Å². The third kappa shape index (κ3) is 4.87. The Morgan fingerprint density at radius 1 is 1.00 bits per heavy atom. The normalized spacial score (nSPS) is 15.2. The second kappa shape index (κ2) is 9.56. The second-order valence-electron chi connectivity index (χ2n) is 7.85. The molecule has 3 aromatic rings. The molecule has 0 saturated heterocycles. The van der Waals surface area contributed by atoms with Gasteiger partial charge in [0.25, 0.3) is 11.8 Å². The lowest BCUT2D eigenvalue weighted by Crippen LogP contribution is -2.42. The first-order valence-electron chi connectivity index (χ1n) is 10.7. The van der Waals surface area contributed by atoms with E-state index in [2.05, 4.69) is 21.3 Å². The van der Waals surface area contributed by atoms with Crippen LogP contribution >= 0.6 is 0 Å². The zero-order valence-electron chi connectivity index (χ0n) is 18.2.